The number of ketones is 1. The number of piperazine rings is 1. The minimum absolute atomic E-state index is 0.0129. The summed E-state index contributed by atoms with van der Waals surface area (Å²) in [6.45, 7) is 1.51. The van der Waals surface area contributed by atoms with Gasteiger partial charge < -0.3 is 14.8 Å². The zero-order valence-electron chi connectivity index (χ0n) is 16.6. The van der Waals surface area contributed by atoms with E-state index in [4.69, 9.17) is 0 Å². The number of amides is 1. The highest BCUT2D eigenvalue weighted by Gasteiger charge is 2.31. The predicted octanol–water partition coefficient (Wildman–Crippen LogP) is 1.97. The molecule has 12 heteroatoms. The van der Waals surface area contributed by atoms with Gasteiger partial charge in [0, 0.05) is 32.4 Å². The second-order valence-corrected chi connectivity index (χ2v) is 7.94. The Kier molecular flexibility index (Phi) is 5.13. The molecule has 32 heavy (non-hydrogen) atoms. The van der Waals surface area contributed by atoms with Crippen LogP contribution in [-0.4, -0.2) is 72.9 Å². The van der Waals surface area contributed by atoms with E-state index in [2.05, 4.69) is 41.4 Å². The summed E-state index contributed by atoms with van der Waals surface area (Å²) in [6, 6.07) is 9.49. The van der Waals surface area contributed by atoms with Crippen molar-refractivity contribution < 1.29 is 14.0 Å². The monoisotopic (exact) mass is 498 g/mol. The van der Waals surface area contributed by atoms with Crippen LogP contribution in [0, 0.1) is 5.82 Å². The number of halogens is 2. The standard InChI is InChI=1S/C20H16BrFN8O2/c21-18-16-15(14(22)11-24-18)13(10-23-16)17(31)19(32)28-6-8-29(9-7-28)20-25-26-27-30(20)12-4-2-1-3-5-12/h1-5,10-11,23H,6-9H2. The number of carbonyl (C=O) groups excluding carboxylic acids is 2. The number of carbonyl (C=O) groups is 2. The molecule has 0 aliphatic carbocycles. The Labute approximate surface area is 189 Å². The van der Waals surface area contributed by atoms with Crippen LogP contribution < -0.4 is 4.90 Å². The van der Waals surface area contributed by atoms with Crippen molar-refractivity contribution in [3.05, 3.63) is 58.7 Å². The minimum Gasteiger partial charge on any atom is -0.358 e. The molecule has 3 aromatic heterocycles. The summed E-state index contributed by atoms with van der Waals surface area (Å²) in [5, 5.41) is 12.0. The van der Waals surface area contributed by atoms with Gasteiger partial charge in [-0.05, 0) is 38.5 Å². The molecule has 0 radical (unpaired) electrons. The van der Waals surface area contributed by atoms with Crippen molar-refractivity contribution in [2.45, 2.75) is 0 Å². The normalized spacial score (nSPS) is 14.2. The molecule has 1 N–H and O–H groups in total. The Hall–Kier alpha value is -3.67. The first-order valence-corrected chi connectivity index (χ1v) is 10.6. The Morgan fingerprint density at radius 2 is 1.84 bits per heavy atom. The topological polar surface area (TPSA) is 113 Å². The molecule has 1 aromatic carbocycles. The van der Waals surface area contributed by atoms with Crippen molar-refractivity contribution in [2.24, 2.45) is 0 Å². The average Bonchev–Trinajstić information content (AvgIpc) is 3.50. The van der Waals surface area contributed by atoms with Crippen LogP contribution in [0.2, 0.25) is 0 Å². The molecule has 0 saturated carbocycles. The maximum Gasteiger partial charge on any atom is 0.295 e. The summed E-state index contributed by atoms with van der Waals surface area (Å²) in [6.07, 6.45) is 2.35. The van der Waals surface area contributed by atoms with Crippen molar-refractivity contribution in [1.82, 2.24) is 35.1 Å². The molecule has 5 rings (SSSR count). The van der Waals surface area contributed by atoms with Crippen LogP contribution in [0.25, 0.3) is 16.6 Å². The first-order valence-electron chi connectivity index (χ1n) is 9.78. The van der Waals surface area contributed by atoms with Gasteiger partial charge in [-0.15, -0.1) is 0 Å². The average molecular weight is 499 g/mol. The third-order valence-electron chi connectivity index (χ3n) is 5.36. The molecular weight excluding hydrogens is 483 g/mol. The maximum absolute atomic E-state index is 14.3. The number of hydrogen-bond donors (Lipinski definition) is 1. The molecule has 1 fully saturated rings. The second-order valence-electron chi connectivity index (χ2n) is 7.18. The number of H-pyrrole nitrogens is 1. The lowest BCUT2D eigenvalue weighted by molar-refractivity contribution is -0.126. The van der Waals surface area contributed by atoms with E-state index in [0.717, 1.165) is 11.9 Å². The number of benzene rings is 1. The molecule has 4 heterocycles. The van der Waals surface area contributed by atoms with Crippen molar-refractivity contribution in [2.75, 3.05) is 31.1 Å². The summed E-state index contributed by atoms with van der Waals surface area (Å²) in [7, 11) is 0. The molecular formula is C20H16BrFN8O2. The molecule has 0 atom stereocenters. The second kappa shape index (κ2) is 8.11. The Bertz CT molecular complexity index is 1310. The Morgan fingerprint density at radius 3 is 2.59 bits per heavy atom. The SMILES string of the molecule is O=C(C(=O)N1CCN(c2nnnn2-c2ccccc2)CC1)c1c[nH]c2c(Br)ncc(F)c12. The molecule has 1 aliphatic heterocycles. The van der Waals surface area contributed by atoms with Crippen LogP contribution in [0.5, 0.6) is 0 Å². The van der Waals surface area contributed by atoms with E-state index >= 15 is 0 Å². The van der Waals surface area contributed by atoms with Crippen LogP contribution in [0.15, 0.2) is 47.3 Å². The van der Waals surface area contributed by atoms with Crippen LogP contribution in [0.1, 0.15) is 10.4 Å². The van der Waals surface area contributed by atoms with Gasteiger partial charge in [0.1, 0.15) is 4.60 Å². The lowest BCUT2D eigenvalue weighted by atomic mass is 10.1. The number of hydrogen-bond acceptors (Lipinski definition) is 7. The Balaban J connectivity index is 1.32. The zero-order valence-corrected chi connectivity index (χ0v) is 18.2. The van der Waals surface area contributed by atoms with Gasteiger partial charge >= 0.3 is 0 Å². The van der Waals surface area contributed by atoms with E-state index < -0.39 is 17.5 Å². The van der Waals surface area contributed by atoms with Crippen LogP contribution in [-0.2, 0) is 4.79 Å². The molecule has 0 bridgehead atoms. The van der Waals surface area contributed by atoms with Gasteiger partial charge in [0.25, 0.3) is 11.7 Å². The van der Waals surface area contributed by atoms with Crippen LogP contribution >= 0.6 is 15.9 Å². The summed E-state index contributed by atoms with van der Waals surface area (Å²) >= 11 is 3.22. The van der Waals surface area contributed by atoms with Crippen molar-refractivity contribution in [1.29, 1.82) is 0 Å². The molecule has 162 valence electrons. The number of Topliss-reactive ketones (excluding diaryl/α,β-unsaturated/α-hetero) is 1. The molecule has 10 nitrogen and oxygen atoms in total. The zero-order chi connectivity index (χ0) is 22.2. The quantitative estimate of drug-likeness (QED) is 0.260. The maximum atomic E-state index is 14.3. The lowest BCUT2D eigenvalue weighted by Crippen LogP contribution is -2.51. The first kappa shape index (κ1) is 20.2. The molecule has 0 spiro atoms. The first-order chi connectivity index (χ1) is 15.5. The van der Waals surface area contributed by atoms with Crippen molar-refractivity contribution in [3.8, 4) is 5.69 Å². The minimum atomic E-state index is -0.768. The smallest absolute Gasteiger partial charge is 0.295 e. The van der Waals surface area contributed by atoms with E-state index in [1.54, 1.807) is 4.68 Å². The number of rotatable bonds is 4. The molecule has 1 aliphatic rings. The summed E-state index contributed by atoms with van der Waals surface area (Å²) < 4.78 is 16.3. The number of aromatic amines is 1. The third-order valence-corrected chi connectivity index (χ3v) is 5.96. The highest BCUT2D eigenvalue weighted by atomic mass is 79.9. The van der Waals surface area contributed by atoms with Crippen molar-refractivity contribution in [3.63, 3.8) is 0 Å². The van der Waals surface area contributed by atoms with Gasteiger partial charge in [0.2, 0.25) is 5.95 Å². The van der Waals surface area contributed by atoms with Gasteiger partial charge in [-0.3, -0.25) is 9.59 Å². The highest BCUT2D eigenvalue weighted by Crippen LogP contribution is 2.27. The van der Waals surface area contributed by atoms with Gasteiger partial charge in [-0.1, -0.05) is 23.3 Å². The Morgan fingerprint density at radius 1 is 1.09 bits per heavy atom. The van der Waals surface area contributed by atoms with Crippen LogP contribution in [0.3, 0.4) is 0 Å². The number of tetrazole rings is 1. The summed E-state index contributed by atoms with van der Waals surface area (Å²) in [4.78, 5) is 35.8. The molecule has 1 saturated heterocycles. The van der Waals surface area contributed by atoms with Gasteiger partial charge in [0.15, 0.2) is 5.82 Å². The number of fused-ring (bicyclic) bond motifs is 1. The summed E-state index contributed by atoms with van der Waals surface area (Å²) in [5.74, 6) is -1.56. The fraction of sp³-hybridized carbons (Fsp3) is 0.200. The fourth-order valence-corrected chi connectivity index (χ4v) is 4.15. The number of pyridine rings is 1. The third kappa shape index (κ3) is 3.42. The van der Waals surface area contributed by atoms with Gasteiger partial charge in [-0.2, -0.15) is 4.68 Å². The fourth-order valence-electron chi connectivity index (χ4n) is 3.74. The van der Waals surface area contributed by atoms with Crippen LogP contribution in [0.4, 0.5) is 10.3 Å². The van der Waals surface area contributed by atoms with Gasteiger partial charge in [0.05, 0.1) is 28.4 Å². The lowest BCUT2D eigenvalue weighted by Gasteiger charge is -2.34. The molecule has 1 amide bonds. The van der Waals surface area contributed by atoms with E-state index in [-0.39, 0.29) is 10.9 Å². The van der Waals surface area contributed by atoms with Gasteiger partial charge in [-0.25, -0.2) is 9.37 Å². The molecule has 4 aromatic rings. The van der Waals surface area contributed by atoms with E-state index in [0.29, 0.717) is 42.2 Å². The predicted molar refractivity (Wildman–Crippen MR) is 116 cm³/mol. The largest absolute Gasteiger partial charge is 0.358 e. The van der Waals surface area contributed by atoms with E-state index in [9.17, 15) is 14.0 Å². The summed E-state index contributed by atoms with van der Waals surface area (Å²) in [5.41, 5.74) is 1.14. The van der Waals surface area contributed by atoms with E-state index in [1.165, 1.54) is 11.1 Å². The highest BCUT2D eigenvalue weighted by molar-refractivity contribution is 9.10. The van der Waals surface area contributed by atoms with Crippen molar-refractivity contribution >= 4 is 44.5 Å². The van der Waals surface area contributed by atoms with E-state index in [1.807, 2.05) is 35.2 Å². The number of nitrogens with zero attached hydrogens (tertiary/aromatic N) is 7. The number of para-hydroxylation sites is 1. The molecule has 0 unspecified atom stereocenters. The number of nitrogens with one attached hydrogen (secondary N) is 1. The number of aromatic nitrogens is 6. The number of anilines is 1.